The van der Waals surface area contributed by atoms with E-state index >= 15 is 0 Å². The Morgan fingerprint density at radius 2 is 1.93 bits per heavy atom. The molecule has 0 radical (unpaired) electrons. The Bertz CT molecular complexity index is 362. The van der Waals surface area contributed by atoms with Gasteiger partial charge in [-0.1, -0.05) is 0 Å². The number of hydrogen-bond donors (Lipinski definition) is 2. The van der Waals surface area contributed by atoms with E-state index in [1.165, 1.54) is 6.92 Å². The van der Waals surface area contributed by atoms with E-state index in [9.17, 15) is 13.9 Å². The Kier molecular flexibility index (Phi) is 3.42. The van der Waals surface area contributed by atoms with Gasteiger partial charge in [0.2, 0.25) is 0 Å². The largest absolute Gasteiger partial charge is 0.394 e. The smallest absolute Gasteiger partial charge is 0.128 e. The molecular formula is C11H15F2NO. The summed E-state index contributed by atoms with van der Waals surface area (Å²) >= 11 is 0. The number of likely N-dealkylation sites (N-methyl/N-ethyl adjacent to an activating group) is 1. The summed E-state index contributed by atoms with van der Waals surface area (Å²) in [5.41, 5.74) is -0.568. The first-order chi connectivity index (χ1) is 6.94. The molecule has 84 valence electrons. The molecule has 0 aromatic heterocycles. The third-order valence-corrected chi connectivity index (χ3v) is 2.71. The predicted octanol–water partition coefficient (Wildman–Crippen LogP) is 1.70. The van der Waals surface area contributed by atoms with Crippen molar-refractivity contribution in [1.82, 2.24) is 5.32 Å². The summed E-state index contributed by atoms with van der Waals surface area (Å²) in [5, 5.41) is 11.9. The normalized spacial score (nSPS) is 15.1. The minimum Gasteiger partial charge on any atom is -0.394 e. The van der Waals surface area contributed by atoms with Crippen molar-refractivity contribution >= 4 is 0 Å². The number of aryl methyl sites for hydroxylation is 1. The lowest BCUT2D eigenvalue weighted by atomic mass is 9.91. The molecule has 15 heavy (non-hydrogen) atoms. The van der Waals surface area contributed by atoms with Crippen molar-refractivity contribution in [2.24, 2.45) is 0 Å². The van der Waals surface area contributed by atoms with Gasteiger partial charge in [-0.2, -0.15) is 0 Å². The molecule has 0 amide bonds. The first kappa shape index (κ1) is 12.1. The summed E-state index contributed by atoms with van der Waals surface area (Å²) in [6, 6.07) is 2.26. The van der Waals surface area contributed by atoms with E-state index in [-0.39, 0.29) is 17.7 Å². The van der Waals surface area contributed by atoms with Crippen molar-refractivity contribution in [2.75, 3.05) is 13.7 Å². The summed E-state index contributed by atoms with van der Waals surface area (Å²) in [6.45, 7) is 2.81. The van der Waals surface area contributed by atoms with Crippen molar-refractivity contribution in [3.05, 3.63) is 34.9 Å². The Morgan fingerprint density at radius 3 is 2.40 bits per heavy atom. The second-order valence-electron chi connectivity index (χ2n) is 3.82. The molecule has 2 nitrogen and oxygen atoms in total. The topological polar surface area (TPSA) is 32.3 Å². The summed E-state index contributed by atoms with van der Waals surface area (Å²) in [4.78, 5) is 0. The van der Waals surface area contributed by atoms with Gasteiger partial charge in [0, 0.05) is 5.56 Å². The van der Waals surface area contributed by atoms with Gasteiger partial charge in [0.05, 0.1) is 12.1 Å². The molecule has 4 heteroatoms. The van der Waals surface area contributed by atoms with E-state index in [4.69, 9.17) is 0 Å². The maximum absolute atomic E-state index is 13.6. The molecule has 0 fully saturated rings. The van der Waals surface area contributed by atoms with Crippen LogP contribution in [0.15, 0.2) is 12.1 Å². The molecule has 1 unspecified atom stereocenters. The molecule has 0 aliphatic heterocycles. The van der Waals surface area contributed by atoms with Crippen molar-refractivity contribution in [3.63, 3.8) is 0 Å². The average Bonchev–Trinajstić information content (AvgIpc) is 2.22. The molecule has 1 atom stereocenters. The molecule has 1 aromatic rings. The van der Waals surface area contributed by atoms with Gasteiger partial charge in [0.15, 0.2) is 0 Å². The minimum absolute atomic E-state index is 0.135. The standard InChI is InChI=1S/C11H15F2NO/c1-7-4-10(13)8(5-9(7)12)11(2,6-15)14-3/h4-5,14-15H,6H2,1-3H3. The fourth-order valence-corrected chi connectivity index (χ4v) is 1.37. The van der Waals surface area contributed by atoms with E-state index in [0.717, 1.165) is 12.1 Å². The molecule has 0 saturated heterocycles. The van der Waals surface area contributed by atoms with Crippen LogP contribution in [0.1, 0.15) is 18.1 Å². The lowest BCUT2D eigenvalue weighted by molar-refractivity contribution is 0.179. The van der Waals surface area contributed by atoms with Crippen molar-refractivity contribution in [1.29, 1.82) is 0 Å². The van der Waals surface area contributed by atoms with Crippen LogP contribution in [0.5, 0.6) is 0 Å². The Morgan fingerprint density at radius 1 is 1.33 bits per heavy atom. The molecule has 1 aromatic carbocycles. The monoisotopic (exact) mass is 215 g/mol. The molecule has 0 aliphatic rings. The first-order valence-electron chi connectivity index (χ1n) is 4.70. The predicted molar refractivity (Wildman–Crippen MR) is 54.6 cm³/mol. The lowest BCUT2D eigenvalue weighted by Crippen LogP contribution is -2.41. The summed E-state index contributed by atoms with van der Waals surface area (Å²) in [5.74, 6) is -0.985. The summed E-state index contributed by atoms with van der Waals surface area (Å²) < 4.78 is 26.9. The third-order valence-electron chi connectivity index (χ3n) is 2.71. The molecule has 0 heterocycles. The van der Waals surface area contributed by atoms with E-state index in [1.54, 1.807) is 14.0 Å². The van der Waals surface area contributed by atoms with Crippen LogP contribution in [0.4, 0.5) is 8.78 Å². The number of hydrogen-bond acceptors (Lipinski definition) is 2. The number of aliphatic hydroxyl groups excluding tert-OH is 1. The van der Waals surface area contributed by atoms with Gasteiger partial charge in [-0.3, -0.25) is 0 Å². The first-order valence-corrected chi connectivity index (χ1v) is 4.70. The zero-order valence-electron chi connectivity index (χ0n) is 9.06. The molecule has 2 N–H and O–H groups in total. The highest BCUT2D eigenvalue weighted by Crippen LogP contribution is 2.25. The van der Waals surface area contributed by atoms with Crippen molar-refractivity contribution in [2.45, 2.75) is 19.4 Å². The van der Waals surface area contributed by atoms with Crippen LogP contribution in [0.2, 0.25) is 0 Å². The van der Waals surface area contributed by atoms with Gasteiger partial charge < -0.3 is 10.4 Å². The zero-order valence-corrected chi connectivity index (χ0v) is 9.06. The van der Waals surface area contributed by atoms with E-state index in [0.29, 0.717) is 0 Å². The van der Waals surface area contributed by atoms with E-state index in [2.05, 4.69) is 5.32 Å². The lowest BCUT2D eigenvalue weighted by Gasteiger charge is -2.28. The maximum Gasteiger partial charge on any atom is 0.128 e. The highest BCUT2D eigenvalue weighted by Gasteiger charge is 2.27. The van der Waals surface area contributed by atoms with Crippen LogP contribution in [0, 0.1) is 18.6 Å². The second-order valence-corrected chi connectivity index (χ2v) is 3.82. The van der Waals surface area contributed by atoms with E-state index in [1.807, 2.05) is 0 Å². The molecular weight excluding hydrogens is 200 g/mol. The number of benzene rings is 1. The van der Waals surface area contributed by atoms with Crippen molar-refractivity contribution in [3.8, 4) is 0 Å². The Balaban J connectivity index is 3.30. The van der Waals surface area contributed by atoms with Crippen LogP contribution in [0.25, 0.3) is 0 Å². The number of rotatable bonds is 3. The summed E-state index contributed by atoms with van der Waals surface area (Å²) in [7, 11) is 1.59. The number of halogens is 2. The minimum atomic E-state index is -0.960. The fraction of sp³-hybridized carbons (Fsp3) is 0.455. The summed E-state index contributed by atoms with van der Waals surface area (Å²) in [6.07, 6.45) is 0. The molecule has 0 bridgehead atoms. The maximum atomic E-state index is 13.6. The highest BCUT2D eigenvalue weighted by molar-refractivity contribution is 5.30. The fourth-order valence-electron chi connectivity index (χ4n) is 1.37. The van der Waals surface area contributed by atoms with Gasteiger partial charge in [0.1, 0.15) is 11.6 Å². The van der Waals surface area contributed by atoms with Gasteiger partial charge in [-0.15, -0.1) is 0 Å². The SMILES string of the molecule is CNC(C)(CO)c1cc(F)c(C)cc1F. The second kappa shape index (κ2) is 4.24. The quantitative estimate of drug-likeness (QED) is 0.804. The van der Waals surface area contributed by atoms with Crippen LogP contribution >= 0.6 is 0 Å². The van der Waals surface area contributed by atoms with Crippen LogP contribution in [0.3, 0.4) is 0 Å². The van der Waals surface area contributed by atoms with Crippen molar-refractivity contribution < 1.29 is 13.9 Å². The highest BCUT2D eigenvalue weighted by atomic mass is 19.1. The van der Waals surface area contributed by atoms with Gasteiger partial charge in [0.25, 0.3) is 0 Å². The molecule has 0 aliphatic carbocycles. The number of aliphatic hydroxyl groups is 1. The van der Waals surface area contributed by atoms with Crippen LogP contribution in [-0.4, -0.2) is 18.8 Å². The average molecular weight is 215 g/mol. The van der Waals surface area contributed by atoms with Gasteiger partial charge >= 0.3 is 0 Å². The third kappa shape index (κ3) is 2.16. The van der Waals surface area contributed by atoms with E-state index < -0.39 is 17.2 Å². The molecule has 1 rings (SSSR count). The molecule has 0 spiro atoms. The Hall–Kier alpha value is -1.00. The van der Waals surface area contributed by atoms with Crippen LogP contribution in [-0.2, 0) is 5.54 Å². The van der Waals surface area contributed by atoms with Gasteiger partial charge in [-0.05, 0) is 38.6 Å². The molecule has 0 saturated carbocycles. The van der Waals surface area contributed by atoms with Gasteiger partial charge in [-0.25, -0.2) is 8.78 Å². The number of nitrogens with one attached hydrogen (secondary N) is 1. The van der Waals surface area contributed by atoms with Crippen LogP contribution < -0.4 is 5.32 Å². The zero-order chi connectivity index (χ0) is 11.6. The Labute approximate surface area is 87.9 Å².